The van der Waals surface area contributed by atoms with Crippen molar-refractivity contribution in [3.63, 3.8) is 0 Å². The molecule has 13 heavy (non-hydrogen) atoms. The van der Waals surface area contributed by atoms with Crippen LogP contribution in [0.4, 0.5) is 0 Å². The van der Waals surface area contributed by atoms with Gasteiger partial charge in [0.25, 0.3) is 0 Å². The smallest absolute Gasteiger partial charge is 0.411 e. The molecule has 0 spiro atoms. The minimum Gasteiger partial charge on any atom is -0.411 e. The Balaban J connectivity index is 0.00000144. The number of hydrogen-bond acceptors (Lipinski definition) is 4. The predicted octanol–water partition coefficient (Wildman–Crippen LogP) is -0.113. The topological polar surface area (TPSA) is 6.48 Å². The van der Waals surface area contributed by atoms with E-state index in [9.17, 15) is 0 Å². The molecule has 0 aliphatic carbocycles. The van der Waals surface area contributed by atoms with E-state index in [1.165, 1.54) is 0 Å². The zero-order valence-electron chi connectivity index (χ0n) is 7.06. The van der Waals surface area contributed by atoms with Crippen LogP contribution in [0.25, 0.3) is 0 Å². The molecule has 1 saturated heterocycles. The normalized spacial score (nSPS) is 16.3. The Bertz CT molecular complexity index is 181. The second kappa shape index (κ2) is 6.87. The van der Waals surface area contributed by atoms with E-state index in [0.717, 1.165) is 26.2 Å². The molecule has 1 fully saturated rings. The summed E-state index contributed by atoms with van der Waals surface area (Å²) < 4.78 is 1.09. The van der Waals surface area contributed by atoms with Gasteiger partial charge in [0.15, 0.2) is 0 Å². The summed E-state index contributed by atoms with van der Waals surface area (Å²) in [6, 6.07) is 0. The van der Waals surface area contributed by atoms with E-state index in [2.05, 4.69) is 0 Å². The van der Waals surface area contributed by atoms with Crippen LogP contribution in [0.5, 0.6) is 0 Å². The summed E-state index contributed by atoms with van der Waals surface area (Å²) in [4.78, 5) is 3.99. The van der Waals surface area contributed by atoms with Gasteiger partial charge in [-0.25, -0.2) is 0 Å². The van der Waals surface area contributed by atoms with Crippen molar-refractivity contribution < 1.29 is 0 Å². The number of rotatable bonds is 0. The third kappa shape index (κ3) is 4.68. The first kappa shape index (κ1) is 14.5. The molecular weight excluding hydrogens is 268 g/mol. The van der Waals surface area contributed by atoms with Gasteiger partial charge < -0.3 is 59.5 Å². The molecule has 0 N–H and O–H groups in total. The molecular formula is C6H8CaN2S4. The first-order chi connectivity index (χ1) is 5.61. The molecule has 1 rings (SSSR count). The Labute approximate surface area is 130 Å². The van der Waals surface area contributed by atoms with Gasteiger partial charge in [-0.15, -0.1) is 0 Å². The summed E-state index contributed by atoms with van der Waals surface area (Å²) in [7, 11) is 0. The van der Waals surface area contributed by atoms with Crippen LogP contribution in [-0.4, -0.2) is 82.4 Å². The van der Waals surface area contributed by atoms with Crippen LogP contribution in [-0.2, 0) is 25.3 Å². The van der Waals surface area contributed by atoms with Crippen LogP contribution in [0.1, 0.15) is 0 Å². The van der Waals surface area contributed by atoms with Crippen molar-refractivity contribution in [1.29, 1.82) is 0 Å². The largest absolute Gasteiger partial charge is 2.00 e. The van der Waals surface area contributed by atoms with Gasteiger partial charge in [-0.3, -0.25) is 0 Å². The predicted molar refractivity (Wildman–Crippen MR) is 68.8 cm³/mol. The van der Waals surface area contributed by atoms with Crippen molar-refractivity contribution in [3.05, 3.63) is 0 Å². The van der Waals surface area contributed by atoms with Crippen LogP contribution in [0, 0.1) is 0 Å². The Morgan fingerprint density at radius 1 is 0.846 bits per heavy atom. The van der Waals surface area contributed by atoms with E-state index >= 15 is 0 Å². The second-order valence-corrected chi connectivity index (χ2v) is 4.57. The zero-order valence-corrected chi connectivity index (χ0v) is 12.5. The number of piperazine rings is 1. The van der Waals surface area contributed by atoms with Gasteiger partial charge in [-0.2, -0.15) is 0 Å². The van der Waals surface area contributed by atoms with Gasteiger partial charge in [0, 0.05) is 26.2 Å². The molecule has 1 heterocycles. The molecule has 0 aromatic rings. The maximum Gasteiger partial charge on any atom is 2.00 e. The molecule has 0 amide bonds. The van der Waals surface area contributed by atoms with E-state index in [4.69, 9.17) is 49.7 Å². The third-order valence-electron chi connectivity index (χ3n) is 1.80. The molecule has 0 radical (unpaired) electrons. The quantitative estimate of drug-likeness (QED) is 0.343. The van der Waals surface area contributed by atoms with Crippen molar-refractivity contribution in [3.8, 4) is 0 Å². The number of thiocarbonyl (C=S) groups is 2. The van der Waals surface area contributed by atoms with Gasteiger partial charge in [0.05, 0.1) is 0 Å². The Morgan fingerprint density at radius 2 is 1.08 bits per heavy atom. The van der Waals surface area contributed by atoms with Crippen LogP contribution in [0.3, 0.4) is 0 Å². The van der Waals surface area contributed by atoms with E-state index in [1.807, 2.05) is 9.80 Å². The van der Waals surface area contributed by atoms with Gasteiger partial charge in [-0.05, 0) is 0 Å². The number of hydrogen-bond donors (Lipinski definition) is 0. The molecule has 1 aliphatic rings. The molecule has 2 nitrogen and oxygen atoms in total. The minimum absolute atomic E-state index is 0. The molecule has 0 aromatic heterocycles. The van der Waals surface area contributed by atoms with Crippen molar-refractivity contribution in [2.24, 2.45) is 0 Å². The molecule has 0 atom stereocenters. The summed E-state index contributed by atoms with van der Waals surface area (Å²) in [5, 5.41) is 0. The minimum atomic E-state index is 0. The average Bonchev–Trinajstić information content (AvgIpc) is 2.04. The maximum atomic E-state index is 4.88. The third-order valence-corrected chi connectivity index (χ3v) is 2.83. The molecule has 0 bridgehead atoms. The molecule has 1 aliphatic heterocycles. The van der Waals surface area contributed by atoms with Crippen molar-refractivity contribution in [1.82, 2.24) is 9.80 Å². The summed E-state index contributed by atoms with van der Waals surface area (Å²) >= 11 is 19.5. The van der Waals surface area contributed by atoms with Crippen molar-refractivity contribution in [2.45, 2.75) is 0 Å². The van der Waals surface area contributed by atoms with Gasteiger partial charge in [-0.1, -0.05) is 8.64 Å². The van der Waals surface area contributed by atoms with Crippen LogP contribution in [0.15, 0.2) is 0 Å². The number of nitrogens with zero attached hydrogens (tertiary/aromatic N) is 2. The van der Waals surface area contributed by atoms with Gasteiger partial charge in [0.1, 0.15) is 0 Å². The summed E-state index contributed by atoms with van der Waals surface area (Å²) in [6.07, 6.45) is 0. The molecule has 7 heteroatoms. The second-order valence-electron chi connectivity index (χ2n) is 2.51. The summed E-state index contributed by atoms with van der Waals surface area (Å²) in [5.74, 6) is 0. The fourth-order valence-electron chi connectivity index (χ4n) is 1.07. The zero-order chi connectivity index (χ0) is 9.14. The van der Waals surface area contributed by atoms with E-state index < -0.39 is 0 Å². The van der Waals surface area contributed by atoms with E-state index in [1.54, 1.807) is 0 Å². The molecule has 68 valence electrons. The molecule has 0 aromatic carbocycles. The fraction of sp³-hybridized carbons (Fsp3) is 0.667. The summed E-state index contributed by atoms with van der Waals surface area (Å²) in [6.45, 7) is 3.39. The average molecular weight is 276 g/mol. The molecule has 0 saturated carbocycles. The van der Waals surface area contributed by atoms with Crippen molar-refractivity contribution >= 4 is 96.1 Å². The standard InChI is InChI=1S/C6H10N2S4.Ca/c9-5(10)7-1-2-8(4-3-7)6(11)12;/h1-4H2,(H,9,10)(H,11,12);/q;+2/p-2. The van der Waals surface area contributed by atoms with Gasteiger partial charge in [0.2, 0.25) is 0 Å². The van der Waals surface area contributed by atoms with E-state index in [-0.39, 0.29) is 37.7 Å². The van der Waals surface area contributed by atoms with Crippen molar-refractivity contribution in [2.75, 3.05) is 26.2 Å². The van der Waals surface area contributed by atoms with E-state index in [0.29, 0.717) is 8.64 Å². The summed E-state index contributed by atoms with van der Waals surface area (Å²) in [5.41, 5.74) is 0. The Kier molecular flexibility index (Phi) is 7.65. The fourth-order valence-corrected chi connectivity index (χ4v) is 1.80. The monoisotopic (exact) mass is 276 g/mol. The first-order valence-corrected chi connectivity index (χ1v) is 5.16. The Hall–Kier alpha value is 1.48. The first-order valence-electron chi connectivity index (χ1n) is 3.53. The Morgan fingerprint density at radius 3 is 1.23 bits per heavy atom. The van der Waals surface area contributed by atoms with Crippen LogP contribution < -0.4 is 0 Å². The van der Waals surface area contributed by atoms with Crippen LogP contribution in [0.2, 0.25) is 0 Å². The maximum absolute atomic E-state index is 4.88. The molecule has 0 unspecified atom stereocenters. The SMILES string of the molecule is S=C([S-])N1CCN(C(=S)[S-])CC1.[Ca+2]. The van der Waals surface area contributed by atoms with Crippen LogP contribution >= 0.6 is 24.4 Å². The van der Waals surface area contributed by atoms with Gasteiger partial charge >= 0.3 is 37.7 Å².